The summed E-state index contributed by atoms with van der Waals surface area (Å²) in [4.78, 5) is 0. The molecule has 6 nitrogen and oxygen atoms in total. The Morgan fingerprint density at radius 3 is 1.78 bits per heavy atom. The van der Waals surface area contributed by atoms with Crippen molar-refractivity contribution in [2.75, 3.05) is 0 Å². The number of aliphatic hydroxyl groups excluding tert-OH is 1. The van der Waals surface area contributed by atoms with Gasteiger partial charge in [-0.1, -0.05) is 34.8 Å². The molecule has 0 spiro atoms. The average molecular weight is 344 g/mol. The molecule has 18 heavy (non-hydrogen) atoms. The van der Waals surface area contributed by atoms with Gasteiger partial charge in [0.2, 0.25) is 3.79 Å². The first-order valence-corrected chi connectivity index (χ1v) is 7.88. The smallest absolute Gasteiger partial charge is 0.373 e. The van der Waals surface area contributed by atoms with Crippen LogP contribution in [-0.2, 0) is 13.6 Å². The molecule has 0 aromatic carbocycles. The van der Waals surface area contributed by atoms with E-state index in [2.05, 4.69) is 10.6 Å². The van der Waals surface area contributed by atoms with Crippen LogP contribution in [0.2, 0.25) is 0 Å². The fourth-order valence-electron chi connectivity index (χ4n) is 0.855. The fraction of sp³-hybridized carbons (Fsp3) is 1.00. The Kier molecular flexibility index (Phi) is 8.00. The summed E-state index contributed by atoms with van der Waals surface area (Å²) in [6.45, 7) is 6.74. The molecule has 0 fully saturated rings. The van der Waals surface area contributed by atoms with Crippen LogP contribution in [0.15, 0.2) is 0 Å². The van der Waals surface area contributed by atoms with Crippen LogP contribution < -0.4 is 10.6 Å². The standard InChI is InChI=1S/C8H18Cl3N2O4P/c1-5(2)16-18(15,17-6(3)4)13-12-7(14)8(9,10)11/h5-7,12,14H,1-4H3,(H,13,15). The highest BCUT2D eigenvalue weighted by Crippen LogP contribution is 2.45. The van der Waals surface area contributed by atoms with Crippen LogP contribution in [-0.4, -0.2) is 27.3 Å². The molecule has 0 aromatic heterocycles. The first-order chi connectivity index (χ1) is 7.96. The molecule has 0 aliphatic carbocycles. The van der Waals surface area contributed by atoms with E-state index in [9.17, 15) is 9.67 Å². The number of hydrogen-bond acceptors (Lipinski definition) is 5. The monoisotopic (exact) mass is 342 g/mol. The van der Waals surface area contributed by atoms with Crippen LogP contribution in [0, 0.1) is 0 Å². The number of hydrazine groups is 1. The second kappa shape index (κ2) is 7.62. The van der Waals surface area contributed by atoms with Crippen LogP contribution in [0.3, 0.4) is 0 Å². The third-order valence-electron chi connectivity index (χ3n) is 1.35. The Hall–Kier alpha value is 0.900. The van der Waals surface area contributed by atoms with Gasteiger partial charge in [-0.2, -0.15) is 5.20 Å². The predicted octanol–water partition coefficient (Wildman–Crippen LogP) is 2.73. The van der Waals surface area contributed by atoms with Crippen molar-refractivity contribution in [3.8, 4) is 0 Å². The number of aliphatic hydroxyl groups is 1. The second-order valence-electron chi connectivity index (χ2n) is 4.01. The molecule has 0 aromatic rings. The van der Waals surface area contributed by atoms with Crippen molar-refractivity contribution >= 4 is 42.5 Å². The van der Waals surface area contributed by atoms with Gasteiger partial charge >= 0.3 is 7.75 Å². The van der Waals surface area contributed by atoms with Gasteiger partial charge in [0.1, 0.15) is 0 Å². The van der Waals surface area contributed by atoms with E-state index in [-0.39, 0.29) is 12.2 Å². The Labute approximate surface area is 122 Å². The fourth-order valence-corrected chi connectivity index (χ4v) is 2.56. The number of alkyl halides is 3. The summed E-state index contributed by atoms with van der Waals surface area (Å²) in [5.41, 5.74) is 2.17. The van der Waals surface area contributed by atoms with Crippen molar-refractivity contribution in [3.05, 3.63) is 0 Å². The topological polar surface area (TPSA) is 79.8 Å². The molecule has 0 radical (unpaired) electrons. The van der Waals surface area contributed by atoms with Gasteiger partial charge in [-0.15, -0.1) is 0 Å². The molecule has 0 aliphatic heterocycles. The zero-order valence-electron chi connectivity index (χ0n) is 10.5. The summed E-state index contributed by atoms with van der Waals surface area (Å²) in [6.07, 6.45) is -2.29. The number of hydrogen-bond donors (Lipinski definition) is 3. The van der Waals surface area contributed by atoms with Gasteiger partial charge in [0, 0.05) is 0 Å². The first-order valence-electron chi connectivity index (χ1n) is 5.20. The Balaban J connectivity index is 4.56. The number of halogens is 3. The molecule has 1 atom stereocenters. The summed E-state index contributed by atoms with van der Waals surface area (Å²) >= 11 is 16.3. The Morgan fingerprint density at radius 2 is 1.50 bits per heavy atom. The Morgan fingerprint density at radius 1 is 1.11 bits per heavy atom. The maximum Gasteiger partial charge on any atom is 0.419 e. The van der Waals surface area contributed by atoms with E-state index >= 15 is 0 Å². The molecule has 0 amide bonds. The summed E-state index contributed by atoms with van der Waals surface area (Å²) in [7, 11) is -3.65. The third-order valence-corrected chi connectivity index (χ3v) is 3.77. The minimum absolute atomic E-state index is 0.353. The van der Waals surface area contributed by atoms with E-state index in [0.717, 1.165) is 0 Å². The third kappa shape index (κ3) is 8.15. The molecule has 3 N–H and O–H groups in total. The largest absolute Gasteiger partial charge is 0.419 e. The molecule has 0 saturated heterocycles. The zero-order valence-corrected chi connectivity index (χ0v) is 13.6. The normalized spacial score (nSPS) is 15.4. The van der Waals surface area contributed by atoms with E-state index in [1.54, 1.807) is 27.7 Å². The average Bonchev–Trinajstić information content (AvgIpc) is 2.09. The summed E-state index contributed by atoms with van der Waals surface area (Å²) in [6, 6.07) is 0. The molecule has 0 rings (SSSR count). The molecular formula is C8H18Cl3N2O4P. The van der Waals surface area contributed by atoms with Crippen LogP contribution in [0.1, 0.15) is 27.7 Å². The summed E-state index contributed by atoms with van der Waals surface area (Å²) in [5.74, 6) is 0. The van der Waals surface area contributed by atoms with Crippen molar-refractivity contribution in [3.63, 3.8) is 0 Å². The van der Waals surface area contributed by atoms with Crippen LogP contribution in [0.25, 0.3) is 0 Å². The highest BCUT2D eigenvalue weighted by Gasteiger charge is 2.34. The van der Waals surface area contributed by atoms with Crippen molar-refractivity contribution < 1.29 is 18.7 Å². The van der Waals surface area contributed by atoms with E-state index < -0.39 is 17.8 Å². The van der Waals surface area contributed by atoms with Crippen LogP contribution >= 0.6 is 42.5 Å². The Bertz CT molecular complexity index is 285. The predicted molar refractivity (Wildman–Crippen MR) is 72.6 cm³/mol. The highest BCUT2D eigenvalue weighted by molar-refractivity contribution is 7.51. The molecule has 0 bridgehead atoms. The molecule has 110 valence electrons. The lowest BCUT2D eigenvalue weighted by atomic mass is 10.5. The van der Waals surface area contributed by atoms with Crippen molar-refractivity contribution in [2.45, 2.75) is 49.9 Å². The lowest BCUT2D eigenvalue weighted by molar-refractivity contribution is 0.102. The molecule has 10 heteroatoms. The highest BCUT2D eigenvalue weighted by atomic mass is 35.6. The van der Waals surface area contributed by atoms with Gasteiger partial charge in [-0.05, 0) is 27.7 Å². The van der Waals surface area contributed by atoms with Crippen LogP contribution in [0.4, 0.5) is 0 Å². The molecule has 0 saturated carbocycles. The lowest BCUT2D eigenvalue weighted by Gasteiger charge is -2.26. The first kappa shape index (κ1) is 18.9. The SMILES string of the molecule is CC(C)OP(=O)(NNC(O)C(Cl)(Cl)Cl)OC(C)C. The van der Waals surface area contributed by atoms with Crippen molar-refractivity contribution in [1.29, 1.82) is 0 Å². The van der Waals surface area contributed by atoms with Crippen molar-refractivity contribution in [1.82, 2.24) is 10.6 Å². The quantitative estimate of drug-likeness (QED) is 0.285. The van der Waals surface area contributed by atoms with Gasteiger partial charge in [-0.3, -0.25) is 9.05 Å². The molecule has 1 unspecified atom stereocenters. The zero-order chi connectivity index (χ0) is 14.6. The van der Waals surface area contributed by atoms with E-state index in [1.165, 1.54) is 0 Å². The molecule has 0 aliphatic rings. The van der Waals surface area contributed by atoms with Crippen molar-refractivity contribution in [2.24, 2.45) is 0 Å². The van der Waals surface area contributed by atoms with Gasteiger partial charge < -0.3 is 5.11 Å². The van der Waals surface area contributed by atoms with E-state index in [4.69, 9.17) is 43.9 Å². The lowest BCUT2D eigenvalue weighted by Crippen LogP contribution is -2.47. The van der Waals surface area contributed by atoms with E-state index in [1.807, 2.05) is 0 Å². The number of rotatable bonds is 7. The number of nitrogens with one attached hydrogen (secondary N) is 2. The van der Waals surface area contributed by atoms with Gasteiger partial charge in [0.15, 0.2) is 6.23 Å². The molecule has 0 heterocycles. The second-order valence-corrected chi connectivity index (χ2v) is 8.02. The minimum Gasteiger partial charge on any atom is -0.373 e. The van der Waals surface area contributed by atoms with E-state index in [0.29, 0.717) is 0 Å². The maximum atomic E-state index is 12.2. The van der Waals surface area contributed by atoms with Gasteiger partial charge in [0.25, 0.3) is 0 Å². The minimum atomic E-state index is -3.65. The summed E-state index contributed by atoms with van der Waals surface area (Å²) < 4.78 is 20.5. The van der Waals surface area contributed by atoms with Crippen LogP contribution in [0.5, 0.6) is 0 Å². The summed E-state index contributed by atoms with van der Waals surface area (Å²) in [5, 5.41) is 11.6. The van der Waals surface area contributed by atoms with Gasteiger partial charge in [0.05, 0.1) is 12.2 Å². The maximum absolute atomic E-state index is 12.2. The van der Waals surface area contributed by atoms with Gasteiger partial charge in [-0.25, -0.2) is 9.99 Å². The molecular weight excluding hydrogens is 325 g/mol.